The summed E-state index contributed by atoms with van der Waals surface area (Å²) in [7, 11) is 2.06. The van der Waals surface area contributed by atoms with Gasteiger partial charge in [0, 0.05) is 25.8 Å². The molecule has 1 saturated carbocycles. The molecule has 4 unspecified atom stereocenters. The van der Waals surface area contributed by atoms with Gasteiger partial charge in [-0.15, -0.1) is 0 Å². The minimum absolute atomic E-state index is 0.0528. The third-order valence-electron chi connectivity index (χ3n) is 10.2. The molecule has 0 radical (unpaired) electrons. The predicted octanol–water partition coefficient (Wildman–Crippen LogP) is 10.3. The first kappa shape index (κ1) is 47.7. The minimum Gasteiger partial charge on any atom is -0.461 e. The van der Waals surface area contributed by atoms with E-state index in [0.29, 0.717) is 50.7 Å². The minimum atomic E-state index is -0.699. The Morgan fingerprint density at radius 1 is 0.764 bits per heavy atom. The Morgan fingerprint density at radius 2 is 1.33 bits per heavy atom. The highest BCUT2D eigenvalue weighted by Gasteiger charge is 2.39. The summed E-state index contributed by atoms with van der Waals surface area (Å²) in [6, 6.07) is 0. The van der Waals surface area contributed by atoms with Crippen LogP contribution in [0.3, 0.4) is 0 Å². The van der Waals surface area contributed by atoms with E-state index in [4.69, 9.17) is 25.7 Å². The van der Waals surface area contributed by atoms with Gasteiger partial charge in [-0.25, -0.2) is 0 Å². The molecule has 3 aliphatic rings. The van der Waals surface area contributed by atoms with E-state index in [0.717, 1.165) is 70.3 Å². The number of guanidine groups is 1. The van der Waals surface area contributed by atoms with Crippen LogP contribution in [-0.2, 0) is 19.0 Å². The molecule has 8 heteroatoms. The standard InChI is InChI=1S/C45H70N4O4.C2H6/c1-48-35-28-40-27-34-44(38-40)30-21-15-10-7-5-3-2-4-6-8-11-17-23-32-45(52-39-41(53-45)29-36-49-43(46)47)33-24-18-13-19-25-37-51-42(50)26-20-14-9-12-16-22-31-44;1-2/h5-9,14-19,21-25,40-41,48H,2-4,10-13,20,26-39H2,1H3,(H4,46,47,49);1-2H3/b7-5+,8-6+,14-9+,21-15+,22-16+,23-17+,24-18+,25-19+;. The third kappa shape index (κ3) is 22.6. The molecule has 55 heavy (non-hydrogen) atoms. The second-order valence-corrected chi connectivity index (χ2v) is 14.7. The van der Waals surface area contributed by atoms with Gasteiger partial charge in [0.2, 0.25) is 0 Å². The number of rotatable bonds is 6. The number of allylic oxidation sites excluding steroid dienone is 13. The van der Waals surface area contributed by atoms with Gasteiger partial charge in [-0.1, -0.05) is 111 Å². The molecule has 2 aliphatic heterocycles. The van der Waals surface area contributed by atoms with Crippen LogP contribution in [0.15, 0.2) is 102 Å². The quantitative estimate of drug-likeness (QED) is 0.107. The lowest BCUT2D eigenvalue weighted by Crippen LogP contribution is -2.30. The van der Waals surface area contributed by atoms with E-state index in [2.05, 4.69) is 102 Å². The number of ether oxygens (including phenoxy) is 3. The fourth-order valence-electron chi connectivity index (χ4n) is 7.24. The molecule has 1 saturated heterocycles. The average Bonchev–Trinajstić information content (AvgIpc) is 3.79. The van der Waals surface area contributed by atoms with Gasteiger partial charge in [-0.05, 0) is 121 Å². The van der Waals surface area contributed by atoms with Crippen molar-refractivity contribution >= 4 is 11.9 Å². The highest BCUT2D eigenvalue weighted by molar-refractivity contribution is 5.75. The number of hydrogen-bond acceptors (Lipinski definition) is 6. The Kier molecular flexibility index (Phi) is 26.6. The maximum atomic E-state index is 12.2. The molecule has 0 bridgehead atoms. The van der Waals surface area contributed by atoms with E-state index in [9.17, 15) is 4.79 Å². The summed E-state index contributed by atoms with van der Waals surface area (Å²) >= 11 is 0. The molecule has 3 rings (SSSR count). The van der Waals surface area contributed by atoms with Gasteiger partial charge in [0.05, 0.1) is 12.7 Å². The van der Waals surface area contributed by atoms with Crippen molar-refractivity contribution in [3.63, 3.8) is 0 Å². The Morgan fingerprint density at radius 3 is 1.93 bits per heavy atom. The molecule has 0 aromatic carbocycles. The van der Waals surface area contributed by atoms with Crippen LogP contribution in [0.25, 0.3) is 0 Å². The van der Waals surface area contributed by atoms with Crippen molar-refractivity contribution in [3.05, 3.63) is 97.2 Å². The molecule has 8 nitrogen and oxygen atoms in total. The van der Waals surface area contributed by atoms with Gasteiger partial charge >= 0.3 is 5.97 Å². The van der Waals surface area contributed by atoms with Crippen LogP contribution >= 0.6 is 0 Å². The number of esters is 1. The number of cyclic esters (lactones) is 1. The van der Waals surface area contributed by atoms with Gasteiger partial charge in [-0.3, -0.25) is 9.79 Å². The first-order valence-electron chi connectivity index (χ1n) is 21.3. The molecule has 0 aromatic heterocycles. The van der Waals surface area contributed by atoms with Crippen molar-refractivity contribution < 1.29 is 19.0 Å². The summed E-state index contributed by atoms with van der Waals surface area (Å²) in [4.78, 5) is 16.3. The van der Waals surface area contributed by atoms with Crippen LogP contribution in [0.4, 0.5) is 0 Å². The SMILES string of the molecule is CC.CNCCC1CCC2(C/C=C/C/C=C/CCC/C=C/C/C=C/CC3(C/C=C/C/C=C/COC(=O)CC/C=C/C/C=C/C2)OCC(CCN=C(N)N)O3)C1. The van der Waals surface area contributed by atoms with E-state index in [1.807, 2.05) is 26.0 Å². The number of carbonyl (C=O) groups excluding carboxylic acids is 1. The van der Waals surface area contributed by atoms with Gasteiger partial charge in [-0.2, -0.15) is 0 Å². The lowest BCUT2D eigenvalue weighted by Gasteiger charge is -2.27. The number of carbonyl (C=O) groups is 1. The lowest BCUT2D eigenvalue weighted by molar-refractivity contribution is -0.163. The van der Waals surface area contributed by atoms with Crippen LogP contribution in [0.1, 0.15) is 129 Å². The van der Waals surface area contributed by atoms with Crippen LogP contribution in [0.5, 0.6) is 0 Å². The summed E-state index contributed by atoms with van der Waals surface area (Å²) in [5.41, 5.74) is 11.4. The maximum absolute atomic E-state index is 12.2. The summed E-state index contributed by atoms with van der Waals surface area (Å²) in [5, 5.41) is 3.34. The first-order valence-corrected chi connectivity index (χ1v) is 21.3. The average molecular weight is 761 g/mol. The Hall–Kier alpha value is -3.46. The molecule has 0 amide bonds. The smallest absolute Gasteiger partial charge is 0.306 e. The molecule has 5 N–H and O–H groups in total. The number of hydrogen-bond donors (Lipinski definition) is 3. The molecule has 1 aliphatic carbocycles. The number of nitrogens with one attached hydrogen (secondary N) is 1. The van der Waals surface area contributed by atoms with Gasteiger partial charge < -0.3 is 31.0 Å². The molecule has 4 atom stereocenters. The van der Waals surface area contributed by atoms with Gasteiger partial charge in [0.1, 0.15) is 6.61 Å². The highest BCUT2D eigenvalue weighted by Crippen LogP contribution is 2.48. The van der Waals surface area contributed by atoms with E-state index in [1.165, 1.54) is 25.7 Å². The topological polar surface area (TPSA) is 121 Å². The van der Waals surface area contributed by atoms with E-state index in [1.54, 1.807) is 0 Å². The summed E-state index contributed by atoms with van der Waals surface area (Å²) in [6.45, 7) is 6.42. The zero-order valence-electron chi connectivity index (χ0n) is 34.7. The monoisotopic (exact) mass is 761 g/mol. The van der Waals surface area contributed by atoms with Crippen LogP contribution in [0.2, 0.25) is 0 Å². The summed E-state index contributed by atoms with van der Waals surface area (Å²) in [5.74, 6) is 0.0452. The second kappa shape index (κ2) is 30.7. The van der Waals surface area contributed by atoms with Crippen molar-refractivity contribution in [1.29, 1.82) is 0 Å². The molecule has 308 valence electrons. The Labute approximate surface area is 335 Å². The molecular formula is C47H76N4O4. The third-order valence-corrected chi connectivity index (χ3v) is 10.2. The Balaban J connectivity index is 0.00000514. The fraction of sp³-hybridized carbons (Fsp3) is 0.617. The van der Waals surface area contributed by atoms with E-state index >= 15 is 0 Å². The normalized spacial score (nSPS) is 31.7. The molecule has 2 heterocycles. The lowest BCUT2D eigenvalue weighted by atomic mass is 9.78. The van der Waals surface area contributed by atoms with Crippen molar-refractivity contribution in [2.45, 2.75) is 141 Å². The Bertz CT molecular complexity index is 1290. The molecule has 2 fully saturated rings. The second-order valence-electron chi connectivity index (χ2n) is 14.7. The van der Waals surface area contributed by atoms with E-state index in [-0.39, 0.29) is 24.6 Å². The fourth-order valence-corrected chi connectivity index (χ4v) is 7.24. The van der Waals surface area contributed by atoms with Crippen LogP contribution in [-0.4, -0.2) is 57.2 Å². The molecule has 0 aromatic rings. The van der Waals surface area contributed by atoms with Crippen molar-refractivity contribution in [2.24, 2.45) is 27.8 Å². The van der Waals surface area contributed by atoms with Gasteiger partial charge in [0.15, 0.2) is 11.7 Å². The summed E-state index contributed by atoms with van der Waals surface area (Å²) in [6.07, 6.45) is 52.9. The van der Waals surface area contributed by atoms with E-state index < -0.39 is 5.79 Å². The zero-order valence-corrected chi connectivity index (χ0v) is 34.7. The van der Waals surface area contributed by atoms with Crippen molar-refractivity contribution in [3.8, 4) is 0 Å². The van der Waals surface area contributed by atoms with Crippen LogP contribution in [0, 0.1) is 11.3 Å². The first-order chi connectivity index (χ1) is 26.9. The van der Waals surface area contributed by atoms with Crippen LogP contribution < -0.4 is 16.8 Å². The zero-order chi connectivity index (χ0) is 39.7. The molecular weight excluding hydrogens is 685 g/mol. The number of aliphatic imine (C=N–C) groups is 1. The molecule has 2 spiro atoms. The van der Waals surface area contributed by atoms with Crippen molar-refractivity contribution in [2.75, 3.05) is 33.4 Å². The number of nitrogens with two attached hydrogens (primary N) is 2. The largest absolute Gasteiger partial charge is 0.461 e. The summed E-state index contributed by atoms with van der Waals surface area (Å²) < 4.78 is 18.1. The maximum Gasteiger partial charge on any atom is 0.306 e. The van der Waals surface area contributed by atoms with Gasteiger partial charge in [0.25, 0.3) is 0 Å². The number of nitrogens with zero attached hydrogens (tertiary/aromatic N) is 1. The van der Waals surface area contributed by atoms with Crippen molar-refractivity contribution in [1.82, 2.24) is 5.32 Å². The predicted molar refractivity (Wildman–Crippen MR) is 233 cm³/mol. The highest BCUT2D eigenvalue weighted by atomic mass is 16.7.